The van der Waals surface area contributed by atoms with Crippen LogP contribution in [0.4, 0.5) is 5.69 Å². The molecular formula is C27H30N2O4S. The highest BCUT2D eigenvalue weighted by atomic mass is 32.2. The molecule has 3 aromatic rings. The Morgan fingerprint density at radius 3 is 2.35 bits per heavy atom. The predicted octanol–water partition coefficient (Wildman–Crippen LogP) is 4.89. The second-order valence-electron chi connectivity index (χ2n) is 8.97. The number of rotatable bonds is 7. The van der Waals surface area contributed by atoms with Gasteiger partial charge in [-0.25, -0.2) is 13.1 Å². The first-order valence-corrected chi connectivity index (χ1v) is 12.9. The number of ether oxygens (including phenoxy) is 1. The summed E-state index contributed by atoms with van der Waals surface area (Å²) < 4.78 is 33.5. The van der Waals surface area contributed by atoms with Gasteiger partial charge in [-0.3, -0.25) is 4.79 Å². The Kier molecular flexibility index (Phi) is 6.77. The maximum absolute atomic E-state index is 13.3. The highest BCUT2D eigenvalue weighted by Gasteiger charge is 2.31. The van der Waals surface area contributed by atoms with Crippen LogP contribution in [-0.4, -0.2) is 27.5 Å². The Morgan fingerprint density at radius 1 is 1.06 bits per heavy atom. The lowest BCUT2D eigenvalue weighted by Gasteiger charge is -2.23. The molecule has 0 aliphatic carbocycles. The van der Waals surface area contributed by atoms with Crippen LogP contribution >= 0.6 is 0 Å². The molecule has 0 saturated heterocycles. The quantitative estimate of drug-likeness (QED) is 0.525. The number of sulfonamides is 1. The SMILES string of the molecule is COc1ccc(C(=O)N2c3cc(CNS(=O)(=O)c4ccc(C(C)C)cc4)ccc3C[C@H]2C)cc1. The largest absolute Gasteiger partial charge is 0.497 e. The van der Waals surface area contributed by atoms with Crippen molar-refractivity contribution in [1.82, 2.24) is 4.72 Å². The predicted molar refractivity (Wildman–Crippen MR) is 134 cm³/mol. The summed E-state index contributed by atoms with van der Waals surface area (Å²) in [6.07, 6.45) is 0.755. The molecule has 0 spiro atoms. The van der Waals surface area contributed by atoms with Gasteiger partial charge in [-0.1, -0.05) is 38.1 Å². The van der Waals surface area contributed by atoms with E-state index < -0.39 is 10.0 Å². The monoisotopic (exact) mass is 478 g/mol. The molecule has 0 unspecified atom stereocenters. The van der Waals surface area contributed by atoms with Gasteiger partial charge in [-0.15, -0.1) is 0 Å². The molecule has 1 aliphatic heterocycles. The molecule has 0 bridgehead atoms. The zero-order chi connectivity index (χ0) is 24.5. The van der Waals surface area contributed by atoms with Crippen molar-refractivity contribution in [2.24, 2.45) is 0 Å². The summed E-state index contributed by atoms with van der Waals surface area (Å²) in [7, 11) is -2.06. The van der Waals surface area contributed by atoms with Crippen molar-refractivity contribution >= 4 is 21.6 Å². The van der Waals surface area contributed by atoms with E-state index in [1.54, 1.807) is 48.4 Å². The average Bonchev–Trinajstić information content (AvgIpc) is 3.17. The molecular weight excluding hydrogens is 448 g/mol. The third-order valence-corrected chi connectivity index (χ3v) is 7.66. The number of nitrogens with one attached hydrogen (secondary N) is 1. The summed E-state index contributed by atoms with van der Waals surface area (Å²) in [5.74, 6) is 0.943. The van der Waals surface area contributed by atoms with Gasteiger partial charge in [0.25, 0.3) is 5.91 Å². The van der Waals surface area contributed by atoms with E-state index >= 15 is 0 Å². The Hall–Kier alpha value is -3.16. The fourth-order valence-electron chi connectivity index (χ4n) is 4.24. The minimum Gasteiger partial charge on any atom is -0.497 e. The first-order chi connectivity index (χ1) is 16.2. The molecule has 1 heterocycles. The van der Waals surface area contributed by atoms with Gasteiger partial charge in [-0.2, -0.15) is 0 Å². The van der Waals surface area contributed by atoms with E-state index in [0.717, 1.165) is 28.8 Å². The van der Waals surface area contributed by atoms with Crippen molar-refractivity contribution < 1.29 is 17.9 Å². The molecule has 6 nitrogen and oxygen atoms in total. The number of amides is 1. The van der Waals surface area contributed by atoms with Crippen molar-refractivity contribution in [3.05, 3.63) is 89.0 Å². The second-order valence-corrected chi connectivity index (χ2v) is 10.7. The minimum absolute atomic E-state index is 0.0102. The molecule has 7 heteroatoms. The van der Waals surface area contributed by atoms with Gasteiger partial charge in [0, 0.05) is 23.8 Å². The molecule has 3 aromatic carbocycles. The van der Waals surface area contributed by atoms with Crippen LogP contribution in [0.1, 0.15) is 53.7 Å². The zero-order valence-corrected chi connectivity index (χ0v) is 20.7. The summed E-state index contributed by atoms with van der Waals surface area (Å²) in [5.41, 5.74) is 4.36. The van der Waals surface area contributed by atoms with Crippen LogP contribution in [0.2, 0.25) is 0 Å². The Bertz CT molecular complexity index is 1280. The number of benzene rings is 3. The van der Waals surface area contributed by atoms with Crippen LogP contribution in [0.3, 0.4) is 0 Å². The smallest absolute Gasteiger partial charge is 0.258 e. The van der Waals surface area contributed by atoms with Gasteiger partial charge in [0.15, 0.2) is 0 Å². The Labute approximate surface area is 201 Å². The third-order valence-electron chi connectivity index (χ3n) is 6.24. The number of methoxy groups -OCH3 is 1. The van der Waals surface area contributed by atoms with E-state index in [4.69, 9.17) is 4.74 Å². The zero-order valence-electron chi connectivity index (χ0n) is 19.9. The maximum atomic E-state index is 13.3. The molecule has 0 fully saturated rings. The summed E-state index contributed by atoms with van der Waals surface area (Å²) in [4.78, 5) is 15.3. The average molecular weight is 479 g/mol. The number of hydrogen-bond acceptors (Lipinski definition) is 4. The molecule has 34 heavy (non-hydrogen) atoms. The molecule has 0 saturated carbocycles. The van der Waals surface area contributed by atoms with Crippen molar-refractivity contribution in [2.45, 2.75) is 50.6 Å². The van der Waals surface area contributed by atoms with Crippen LogP contribution in [0, 0.1) is 0 Å². The number of carbonyl (C=O) groups is 1. The molecule has 1 amide bonds. The topological polar surface area (TPSA) is 75.7 Å². The number of carbonyl (C=O) groups excluding carboxylic acids is 1. The van der Waals surface area contributed by atoms with Crippen molar-refractivity contribution in [2.75, 3.05) is 12.0 Å². The van der Waals surface area contributed by atoms with Gasteiger partial charge >= 0.3 is 0 Å². The summed E-state index contributed by atoms with van der Waals surface area (Å²) in [6, 6.07) is 19.8. The normalized spacial score (nSPS) is 15.4. The first kappa shape index (κ1) is 24.0. The number of hydrogen-bond donors (Lipinski definition) is 1. The van der Waals surface area contributed by atoms with Crippen LogP contribution in [0.5, 0.6) is 5.75 Å². The lowest BCUT2D eigenvalue weighted by molar-refractivity contribution is 0.0981. The fourth-order valence-corrected chi connectivity index (χ4v) is 5.26. The minimum atomic E-state index is -3.65. The molecule has 0 radical (unpaired) electrons. The second kappa shape index (κ2) is 9.60. The van der Waals surface area contributed by atoms with Crippen LogP contribution in [0.25, 0.3) is 0 Å². The summed E-state index contributed by atoms with van der Waals surface area (Å²) >= 11 is 0. The van der Waals surface area contributed by atoms with Gasteiger partial charge in [-0.05, 0) is 78.4 Å². The van der Waals surface area contributed by atoms with Gasteiger partial charge < -0.3 is 9.64 Å². The van der Waals surface area contributed by atoms with Crippen LogP contribution < -0.4 is 14.4 Å². The standard InChI is InChI=1S/C27H30N2O4S/c1-18(2)21-9-13-25(14-10-21)34(31,32)28-17-20-5-6-23-15-19(3)29(26(23)16-20)27(30)22-7-11-24(33-4)12-8-22/h5-14,16,18-19,28H,15,17H2,1-4H3/t19-/m1/s1. The molecule has 0 aromatic heterocycles. The lowest BCUT2D eigenvalue weighted by Crippen LogP contribution is -2.35. The van der Waals surface area contributed by atoms with Gasteiger partial charge in [0.05, 0.1) is 12.0 Å². The van der Waals surface area contributed by atoms with E-state index in [-0.39, 0.29) is 23.4 Å². The van der Waals surface area contributed by atoms with Crippen LogP contribution in [0.15, 0.2) is 71.6 Å². The van der Waals surface area contributed by atoms with Crippen molar-refractivity contribution in [3.8, 4) is 5.75 Å². The van der Waals surface area contributed by atoms with E-state index in [1.807, 2.05) is 37.3 Å². The van der Waals surface area contributed by atoms with Gasteiger partial charge in [0.1, 0.15) is 5.75 Å². The molecule has 178 valence electrons. The van der Waals surface area contributed by atoms with E-state index in [0.29, 0.717) is 17.2 Å². The fraction of sp³-hybridized carbons (Fsp3) is 0.296. The highest BCUT2D eigenvalue weighted by molar-refractivity contribution is 7.89. The van der Waals surface area contributed by atoms with E-state index in [2.05, 4.69) is 18.6 Å². The molecule has 1 atom stereocenters. The number of anilines is 1. The Morgan fingerprint density at radius 2 is 1.74 bits per heavy atom. The van der Waals surface area contributed by atoms with Crippen molar-refractivity contribution in [3.63, 3.8) is 0 Å². The third kappa shape index (κ3) is 4.86. The number of fused-ring (bicyclic) bond motifs is 1. The Balaban J connectivity index is 1.52. The highest BCUT2D eigenvalue weighted by Crippen LogP contribution is 2.34. The van der Waals surface area contributed by atoms with Crippen LogP contribution in [-0.2, 0) is 23.0 Å². The maximum Gasteiger partial charge on any atom is 0.258 e. The van der Waals surface area contributed by atoms with Gasteiger partial charge in [0.2, 0.25) is 10.0 Å². The summed E-state index contributed by atoms with van der Waals surface area (Å²) in [5, 5.41) is 0. The van der Waals surface area contributed by atoms with E-state index in [1.165, 1.54) is 0 Å². The molecule has 4 rings (SSSR count). The number of nitrogens with zero attached hydrogens (tertiary/aromatic N) is 1. The van der Waals surface area contributed by atoms with E-state index in [9.17, 15) is 13.2 Å². The lowest BCUT2D eigenvalue weighted by atomic mass is 10.0. The van der Waals surface area contributed by atoms with Crippen molar-refractivity contribution in [1.29, 1.82) is 0 Å². The summed E-state index contributed by atoms with van der Waals surface area (Å²) in [6.45, 7) is 6.30. The molecule has 1 N–H and O–H groups in total. The molecule has 1 aliphatic rings. The first-order valence-electron chi connectivity index (χ1n) is 11.4.